The molecule has 94 valence electrons. The van der Waals surface area contributed by atoms with Gasteiger partial charge in [-0.05, 0) is 18.2 Å². The van der Waals surface area contributed by atoms with Gasteiger partial charge in [-0.3, -0.25) is 4.98 Å². The average molecular weight is 262 g/mol. The third kappa shape index (κ3) is 3.23. The third-order valence-corrected chi connectivity index (χ3v) is 3.47. The molecule has 18 heavy (non-hydrogen) atoms. The monoisotopic (exact) mass is 262 g/mol. The van der Waals surface area contributed by atoms with Gasteiger partial charge in [0.15, 0.2) is 0 Å². The second-order valence-corrected chi connectivity index (χ2v) is 4.96. The maximum absolute atomic E-state index is 13.1. The number of halogens is 1. The molecule has 2 aromatic rings. The van der Waals surface area contributed by atoms with Crippen LogP contribution in [-0.4, -0.2) is 23.0 Å². The van der Waals surface area contributed by atoms with Gasteiger partial charge in [0.25, 0.3) is 0 Å². The van der Waals surface area contributed by atoms with Gasteiger partial charge in [-0.15, -0.1) is 6.58 Å². The molecule has 0 spiro atoms. The van der Waals surface area contributed by atoms with Gasteiger partial charge in [-0.25, -0.2) is 4.39 Å². The number of fused-ring (bicyclic) bond motifs is 1. The van der Waals surface area contributed by atoms with Crippen LogP contribution in [0.3, 0.4) is 0 Å². The Bertz CT molecular complexity index is 542. The molecule has 0 aliphatic rings. The first kappa shape index (κ1) is 12.9. The molecule has 0 saturated heterocycles. The Morgan fingerprint density at radius 3 is 3.11 bits per heavy atom. The zero-order valence-corrected chi connectivity index (χ0v) is 10.8. The fourth-order valence-corrected chi connectivity index (χ4v) is 2.28. The average Bonchev–Trinajstić information content (AvgIpc) is 2.38. The van der Waals surface area contributed by atoms with E-state index in [4.69, 9.17) is 0 Å². The number of hydrogen-bond donors (Lipinski definition) is 1. The van der Waals surface area contributed by atoms with Crippen molar-refractivity contribution >= 4 is 28.4 Å². The number of aromatic nitrogens is 1. The molecule has 4 heteroatoms. The van der Waals surface area contributed by atoms with Crippen LogP contribution in [0.1, 0.15) is 0 Å². The molecule has 0 aliphatic carbocycles. The summed E-state index contributed by atoms with van der Waals surface area (Å²) in [6.45, 7) is 4.55. The summed E-state index contributed by atoms with van der Waals surface area (Å²) in [5.41, 5.74) is 1.68. The van der Waals surface area contributed by atoms with Crippen molar-refractivity contribution in [3.05, 3.63) is 48.9 Å². The number of hydrogen-bond acceptors (Lipinski definition) is 3. The van der Waals surface area contributed by atoms with E-state index in [1.807, 2.05) is 23.9 Å². The highest BCUT2D eigenvalue weighted by atomic mass is 32.2. The Hall–Kier alpha value is -1.55. The van der Waals surface area contributed by atoms with E-state index >= 15 is 0 Å². The van der Waals surface area contributed by atoms with Crippen LogP contribution in [-0.2, 0) is 0 Å². The summed E-state index contributed by atoms with van der Waals surface area (Å²) in [6, 6.07) is 6.59. The Kier molecular flexibility index (Phi) is 4.59. The van der Waals surface area contributed by atoms with Crippen LogP contribution in [0.4, 0.5) is 10.1 Å². The summed E-state index contributed by atoms with van der Waals surface area (Å²) in [5.74, 6) is 1.72. The van der Waals surface area contributed by atoms with E-state index < -0.39 is 0 Å². The van der Waals surface area contributed by atoms with Gasteiger partial charge in [-0.2, -0.15) is 11.8 Å². The molecule has 0 bridgehead atoms. The Morgan fingerprint density at radius 2 is 2.28 bits per heavy atom. The first-order valence-electron chi connectivity index (χ1n) is 5.78. The zero-order valence-electron chi connectivity index (χ0n) is 10.0. The summed E-state index contributed by atoms with van der Waals surface area (Å²) in [6.07, 6.45) is 3.59. The van der Waals surface area contributed by atoms with Crippen LogP contribution in [0.5, 0.6) is 0 Å². The maximum Gasteiger partial charge on any atom is 0.125 e. The van der Waals surface area contributed by atoms with Crippen molar-refractivity contribution in [2.24, 2.45) is 0 Å². The second kappa shape index (κ2) is 6.40. The molecule has 1 aromatic heterocycles. The molecule has 0 unspecified atom stereocenters. The molecule has 0 saturated carbocycles. The summed E-state index contributed by atoms with van der Waals surface area (Å²) < 4.78 is 13.1. The smallest absolute Gasteiger partial charge is 0.125 e. The van der Waals surface area contributed by atoms with Gasteiger partial charge in [0.1, 0.15) is 5.82 Å². The van der Waals surface area contributed by atoms with Crippen molar-refractivity contribution in [2.75, 3.05) is 23.4 Å². The molecule has 2 nitrogen and oxygen atoms in total. The molecule has 1 aromatic carbocycles. The number of benzene rings is 1. The molecular weight excluding hydrogens is 247 g/mol. The number of nitrogens with one attached hydrogen (secondary N) is 1. The van der Waals surface area contributed by atoms with Gasteiger partial charge in [-0.1, -0.05) is 6.08 Å². The van der Waals surface area contributed by atoms with Gasteiger partial charge in [0.05, 0.1) is 5.52 Å². The standard InChI is InChI=1S/C14H15FN2S/c1-2-8-18-9-7-17-13-5-6-16-14-10-11(15)3-4-12(13)14/h2-6,10H,1,7-9H2,(H,16,17). The van der Waals surface area contributed by atoms with Gasteiger partial charge in [0.2, 0.25) is 0 Å². The van der Waals surface area contributed by atoms with Crippen molar-refractivity contribution in [2.45, 2.75) is 0 Å². The van der Waals surface area contributed by atoms with Crippen LogP contribution < -0.4 is 5.32 Å². The molecule has 1 heterocycles. The lowest BCUT2D eigenvalue weighted by atomic mass is 10.2. The largest absolute Gasteiger partial charge is 0.384 e. The van der Waals surface area contributed by atoms with Crippen molar-refractivity contribution in [1.29, 1.82) is 0 Å². The van der Waals surface area contributed by atoms with E-state index in [1.165, 1.54) is 12.1 Å². The maximum atomic E-state index is 13.1. The molecule has 0 aliphatic heterocycles. The molecule has 1 N–H and O–H groups in total. The lowest BCUT2D eigenvalue weighted by Gasteiger charge is -2.08. The Labute approximate surface area is 110 Å². The summed E-state index contributed by atoms with van der Waals surface area (Å²) >= 11 is 1.82. The Morgan fingerprint density at radius 1 is 1.39 bits per heavy atom. The van der Waals surface area contributed by atoms with Crippen molar-refractivity contribution in [3.8, 4) is 0 Å². The number of rotatable bonds is 6. The highest BCUT2D eigenvalue weighted by molar-refractivity contribution is 7.99. The van der Waals surface area contributed by atoms with E-state index in [2.05, 4.69) is 16.9 Å². The normalized spacial score (nSPS) is 10.5. The predicted molar refractivity (Wildman–Crippen MR) is 77.7 cm³/mol. The van der Waals surface area contributed by atoms with E-state index in [0.29, 0.717) is 5.52 Å². The SMILES string of the molecule is C=CCSCCNc1ccnc2cc(F)ccc12. The van der Waals surface area contributed by atoms with Gasteiger partial charge in [0, 0.05) is 41.4 Å². The van der Waals surface area contributed by atoms with Crippen LogP contribution in [0.15, 0.2) is 43.1 Å². The van der Waals surface area contributed by atoms with E-state index in [9.17, 15) is 4.39 Å². The summed E-state index contributed by atoms with van der Waals surface area (Å²) in [4.78, 5) is 4.16. The summed E-state index contributed by atoms with van der Waals surface area (Å²) in [7, 11) is 0. The minimum Gasteiger partial charge on any atom is -0.384 e. The molecule has 2 rings (SSSR count). The third-order valence-electron chi connectivity index (χ3n) is 2.50. The zero-order chi connectivity index (χ0) is 12.8. The molecule has 0 amide bonds. The van der Waals surface area contributed by atoms with Crippen molar-refractivity contribution < 1.29 is 4.39 Å². The number of thioether (sulfide) groups is 1. The topological polar surface area (TPSA) is 24.9 Å². The second-order valence-electron chi connectivity index (χ2n) is 3.81. The highest BCUT2D eigenvalue weighted by Gasteiger charge is 2.02. The van der Waals surface area contributed by atoms with Gasteiger partial charge >= 0.3 is 0 Å². The fourth-order valence-electron chi connectivity index (χ4n) is 1.70. The summed E-state index contributed by atoms with van der Waals surface area (Å²) in [5, 5.41) is 4.30. The Balaban J connectivity index is 2.06. The van der Waals surface area contributed by atoms with Crippen LogP contribution in [0, 0.1) is 5.82 Å². The minimum absolute atomic E-state index is 0.256. The highest BCUT2D eigenvalue weighted by Crippen LogP contribution is 2.22. The van der Waals surface area contributed by atoms with Crippen molar-refractivity contribution in [3.63, 3.8) is 0 Å². The minimum atomic E-state index is -0.256. The van der Waals surface area contributed by atoms with Crippen molar-refractivity contribution in [1.82, 2.24) is 4.98 Å². The van der Waals surface area contributed by atoms with Crippen LogP contribution in [0.25, 0.3) is 10.9 Å². The number of nitrogens with zero attached hydrogens (tertiary/aromatic N) is 1. The fraction of sp³-hybridized carbons (Fsp3) is 0.214. The first-order chi connectivity index (χ1) is 8.81. The lowest BCUT2D eigenvalue weighted by molar-refractivity contribution is 0.629. The van der Waals surface area contributed by atoms with E-state index in [1.54, 1.807) is 12.3 Å². The molecule has 0 radical (unpaired) electrons. The molecular formula is C14H15FN2S. The van der Waals surface area contributed by atoms with E-state index in [-0.39, 0.29) is 5.82 Å². The quantitative estimate of drug-likeness (QED) is 0.634. The predicted octanol–water partition coefficient (Wildman–Crippen LogP) is 3.71. The van der Waals surface area contributed by atoms with E-state index in [0.717, 1.165) is 29.1 Å². The number of anilines is 1. The van der Waals surface area contributed by atoms with Gasteiger partial charge < -0.3 is 5.32 Å². The number of pyridine rings is 1. The molecule has 0 atom stereocenters. The molecule has 0 fully saturated rings. The van der Waals surface area contributed by atoms with Crippen LogP contribution in [0.2, 0.25) is 0 Å². The lowest BCUT2D eigenvalue weighted by Crippen LogP contribution is -2.05. The van der Waals surface area contributed by atoms with Crippen LogP contribution >= 0.6 is 11.8 Å². The first-order valence-corrected chi connectivity index (χ1v) is 6.93.